The Balaban J connectivity index is 1.40. The molecule has 1 N–H and O–H groups in total. The highest BCUT2D eigenvalue weighted by atomic mass is 32.2. The maximum atomic E-state index is 13.3. The van der Waals surface area contributed by atoms with Gasteiger partial charge in [0.1, 0.15) is 0 Å². The minimum absolute atomic E-state index is 0.0168. The van der Waals surface area contributed by atoms with Crippen molar-refractivity contribution in [2.45, 2.75) is 63.2 Å². The minimum atomic E-state index is -3.47. The molecule has 1 atom stereocenters. The fraction of sp³-hybridized carbons (Fsp3) is 0.680. The van der Waals surface area contributed by atoms with Crippen LogP contribution in [0, 0.1) is 5.92 Å². The molecule has 9 heteroatoms. The van der Waals surface area contributed by atoms with Crippen molar-refractivity contribution in [1.82, 2.24) is 14.5 Å². The van der Waals surface area contributed by atoms with Crippen LogP contribution in [0.2, 0.25) is 0 Å². The second-order valence-electron chi connectivity index (χ2n) is 9.77. The van der Waals surface area contributed by atoms with E-state index in [2.05, 4.69) is 17.1 Å². The summed E-state index contributed by atoms with van der Waals surface area (Å²) in [6.07, 6.45) is 7.20. The lowest BCUT2D eigenvalue weighted by Crippen LogP contribution is -2.48. The van der Waals surface area contributed by atoms with Gasteiger partial charge in [-0.3, -0.25) is 14.5 Å². The number of hydrogen-bond acceptors (Lipinski definition) is 5. The third-order valence-electron chi connectivity index (χ3n) is 7.24. The number of carbonyl (C=O) groups excluding carboxylic acids is 2. The zero-order valence-electron chi connectivity index (χ0n) is 20.3. The van der Waals surface area contributed by atoms with Gasteiger partial charge in [-0.1, -0.05) is 13.3 Å². The van der Waals surface area contributed by atoms with E-state index in [0.717, 1.165) is 69.2 Å². The minimum Gasteiger partial charge on any atom is -0.356 e. The molecule has 8 nitrogen and oxygen atoms in total. The number of carbonyl (C=O) groups is 2. The average molecular weight is 491 g/mol. The quantitative estimate of drug-likeness (QED) is 0.565. The first-order valence-corrected chi connectivity index (χ1v) is 14.3. The van der Waals surface area contributed by atoms with Crippen molar-refractivity contribution in [1.29, 1.82) is 0 Å². The third-order valence-corrected chi connectivity index (χ3v) is 9.13. The van der Waals surface area contributed by atoms with Gasteiger partial charge in [-0.2, -0.15) is 4.31 Å². The number of benzene rings is 1. The fourth-order valence-electron chi connectivity index (χ4n) is 5.29. The Morgan fingerprint density at radius 1 is 1.06 bits per heavy atom. The van der Waals surface area contributed by atoms with Crippen LogP contribution in [0.15, 0.2) is 23.1 Å². The fourth-order valence-corrected chi connectivity index (χ4v) is 6.86. The Kier molecular flexibility index (Phi) is 8.26. The molecule has 188 valence electrons. The van der Waals surface area contributed by atoms with E-state index in [0.29, 0.717) is 37.6 Å². The topological polar surface area (TPSA) is 90.0 Å². The molecule has 2 amide bonds. The van der Waals surface area contributed by atoms with Gasteiger partial charge >= 0.3 is 0 Å². The molecular weight excluding hydrogens is 452 g/mol. The van der Waals surface area contributed by atoms with Crippen LogP contribution in [-0.4, -0.2) is 75.3 Å². The van der Waals surface area contributed by atoms with Crippen molar-refractivity contribution in [3.63, 3.8) is 0 Å². The summed E-state index contributed by atoms with van der Waals surface area (Å²) in [4.78, 5) is 30.0. The Hall–Kier alpha value is -1.97. The molecule has 0 saturated carbocycles. The lowest BCUT2D eigenvalue weighted by Gasteiger charge is -2.35. The van der Waals surface area contributed by atoms with Crippen LogP contribution in [0.25, 0.3) is 0 Å². The van der Waals surface area contributed by atoms with Gasteiger partial charge in [0, 0.05) is 38.4 Å². The number of rotatable bonds is 8. The summed E-state index contributed by atoms with van der Waals surface area (Å²) in [6, 6.07) is 5.21. The number of amides is 2. The van der Waals surface area contributed by atoms with Crippen LogP contribution < -0.4 is 10.2 Å². The second kappa shape index (κ2) is 11.2. The van der Waals surface area contributed by atoms with Crippen LogP contribution >= 0.6 is 0 Å². The van der Waals surface area contributed by atoms with Crippen molar-refractivity contribution >= 4 is 27.5 Å². The van der Waals surface area contributed by atoms with Crippen molar-refractivity contribution in [2.75, 3.05) is 50.7 Å². The third kappa shape index (κ3) is 5.63. The number of nitrogens with one attached hydrogen (secondary N) is 1. The van der Waals surface area contributed by atoms with E-state index in [1.807, 2.05) is 0 Å². The number of aryl methyl sites for hydroxylation is 1. The number of nitrogens with zero attached hydrogens (tertiary/aromatic N) is 3. The van der Waals surface area contributed by atoms with Crippen molar-refractivity contribution < 1.29 is 18.0 Å². The summed E-state index contributed by atoms with van der Waals surface area (Å²) in [5, 5.41) is 3.03. The monoisotopic (exact) mass is 490 g/mol. The molecule has 2 fully saturated rings. The number of sulfonamides is 1. The summed E-state index contributed by atoms with van der Waals surface area (Å²) in [7, 11) is -3.47. The predicted octanol–water partition coefficient (Wildman–Crippen LogP) is 2.38. The number of likely N-dealkylation sites (tertiary alicyclic amines) is 1. The highest BCUT2D eigenvalue weighted by Gasteiger charge is 2.31. The number of unbranched alkanes of at least 4 members (excludes halogenated alkanes) is 1. The van der Waals surface area contributed by atoms with Gasteiger partial charge in [0.05, 0.1) is 17.4 Å². The SMILES string of the molecule is CCCCNC(=O)C1CCCN(CC(=O)N2CCCc3cc(S(=O)(=O)N4CCCC4)ccc32)C1. The van der Waals surface area contributed by atoms with E-state index in [1.54, 1.807) is 27.4 Å². The van der Waals surface area contributed by atoms with E-state index < -0.39 is 10.0 Å². The van der Waals surface area contributed by atoms with E-state index in [1.165, 1.54) is 0 Å². The number of piperidine rings is 1. The molecule has 4 rings (SSSR count). The molecule has 0 radical (unpaired) electrons. The van der Waals surface area contributed by atoms with E-state index in [9.17, 15) is 18.0 Å². The summed E-state index contributed by atoms with van der Waals surface area (Å²) >= 11 is 0. The van der Waals surface area contributed by atoms with Gasteiger partial charge in [0.15, 0.2) is 0 Å². The molecule has 1 aromatic rings. The Morgan fingerprint density at radius 2 is 1.85 bits per heavy atom. The molecule has 0 bridgehead atoms. The van der Waals surface area contributed by atoms with E-state index >= 15 is 0 Å². The first-order valence-electron chi connectivity index (χ1n) is 12.8. The molecule has 0 aliphatic carbocycles. The molecule has 0 aromatic heterocycles. The van der Waals surface area contributed by atoms with E-state index in [4.69, 9.17) is 0 Å². The molecule has 3 aliphatic rings. The smallest absolute Gasteiger partial charge is 0.243 e. The highest BCUT2D eigenvalue weighted by Crippen LogP contribution is 2.31. The first kappa shape index (κ1) is 25.1. The standard InChI is InChI=1S/C25H38N4O4S/c1-2-3-12-26-25(31)21-9-6-13-27(18-21)19-24(30)29-16-7-8-20-17-22(10-11-23(20)29)34(32,33)28-14-4-5-15-28/h10-11,17,21H,2-9,12-16,18-19H2,1H3,(H,26,31). The Bertz CT molecular complexity index is 991. The number of hydrogen-bond donors (Lipinski definition) is 1. The first-order chi connectivity index (χ1) is 16.4. The van der Waals surface area contributed by atoms with E-state index in [-0.39, 0.29) is 24.3 Å². The van der Waals surface area contributed by atoms with Crippen LogP contribution in [0.4, 0.5) is 5.69 Å². The van der Waals surface area contributed by atoms with Crippen molar-refractivity contribution in [3.05, 3.63) is 23.8 Å². The predicted molar refractivity (Wildman–Crippen MR) is 132 cm³/mol. The molecular formula is C25H38N4O4S. The normalized spacial score (nSPS) is 21.9. The molecule has 3 aliphatic heterocycles. The van der Waals surface area contributed by atoms with Gasteiger partial charge in [0.2, 0.25) is 21.8 Å². The summed E-state index contributed by atoms with van der Waals surface area (Å²) < 4.78 is 27.5. The summed E-state index contributed by atoms with van der Waals surface area (Å²) in [5.41, 5.74) is 1.74. The molecule has 3 heterocycles. The van der Waals surface area contributed by atoms with Gasteiger partial charge in [-0.15, -0.1) is 0 Å². The van der Waals surface area contributed by atoms with Crippen molar-refractivity contribution in [2.24, 2.45) is 5.92 Å². The lowest BCUT2D eigenvalue weighted by molar-refractivity contribution is -0.128. The molecule has 1 unspecified atom stereocenters. The van der Waals surface area contributed by atoms with Gasteiger partial charge in [0.25, 0.3) is 0 Å². The van der Waals surface area contributed by atoms with Gasteiger partial charge < -0.3 is 10.2 Å². The van der Waals surface area contributed by atoms with Gasteiger partial charge in [-0.25, -0.2) is 8.42 Å². The second-order valence-corrected chi connectivity index (χ2v) is 11.7. The summed E-state index contributed by atoms with van der Waals surface area (Å²) in [6.45, 7) is 6.33. The van der Waals surface area contributed by atoms with Crippen LogP contribution in [-0.2, 0) is 26.0 Å². The van der Waals surface area contributed by atoms with Crippen LogP contribution in [0.5, 0.6) is 0 Å². The molecule has 2 saturated heterocycles. The van der Waals surface area contributed by atoms with Crippen molar-refractivity contribution in [3.8, 4) is 0 Å². The average Bonchev–Trinajstić information content (AvgIpc) is 3.39. The van der Waals surface area contributed by atoms with Crippen LogP contribution in [0.1, 0.15) is 57.4 Å². The maximum Gasteiger partial charge on any atom is 0.243 e. The number of fused-ring (bicyclic) bond motifs is 1. The zero-order chi connectivity index (χ0) is 24.1. The number of anilines is 1. The molecule has 1 aromatic carbocycles. The zero-order valence-corrected chi connectivity index (χ0v) is 21.1. The van der Waals surface area contributed by atoms with Gasteiger partial charge in [-0.05, 0) is 75.3 Å². The maximum absolute atomic E-state index is 13.3. The van der Waals surface area contributed by atoms with Crippen LogP contribution in [0.3, 0.4) is 0 Å². The summed E-state index contributed by atoms with van der Waals surface area (Å²) in [5.74, 6) is 0.0502. The largest absolute Gasteiger partial charge is 0.356 e. The Labute approximate surface area is 203 Å². The lowest BCUT2D eigenvalue weighted by atomic mass is 9.97. The molecule has 0 spiro atoms. The highest BCUT2D eigenvalue weighted by molar-refractivity contribution is 7.89. The molecule has 34 heavy (non-hydrogen) atoms. The Morgan fingerprint density at radius 3 is 2.62 bits per heavy atom.